The van der Waals surface area contributed by atoms with Crippen LogP contribution < -0.4 is 0 Å². The maximum absolute atomic E-state index is 9.60. The Morgan fingerprint density at radius 1 is 1.11 bits per heavy atom. The maximum Gasteiger partial charge on any atom is 0.140 e. The molecular weight excluding hydrogens is 224 g/mol. The molecule has 3 nitrogen and oxygen atoms in total. The van der Waals surface area contributed by atoms with Gasteiger partial charge < -0.3 is 9.51 Å². The van der Waals surface area contributed by atoms with Crippen molar-refractivity contribution in [2.45, 2.75) is 13.5 Å². The van der Waals surface area contributed by atoms with Gasteiger partial charge in [0, 0.05) is 11.8 Å². The van der Waals surface area contributed by atoms with Gasteiger partial charge in [0.15, 0.2) is 0 Å². The first kappa shape index (κ1) is 11.0. The number of aliphatic hydroxyl groups is 1. The number of fused-ring (bicyclic) bond motifs is 1. The van der Waals surface area contributed by atoms with Gasteiger partial charge in [-0.05, 0) is 18.6 Å². The lowest BCUT2D eigenvalue weighted by molar-refractivity contribution is 0.276. The van der Waals surface area contributed by atoms with Crippen molar-refractivity contribution in [3.05, 3.63) is 59.9 Å². The molecule has 0 saturated carbocycles. The molecule has 0 unspecified atom stereocenters. The predicted molar refractivity (Wildman–Crippen MR) is 71.3 cm³/mol. The highest BCUT2D eigenvalue weighted by Crippen LogP contribution is 2.25. The van der Waals surface area contributed by atoms with Crippen LogP contribution in [0.4, 0.5) is 0 Å². The standard InChI is InChI=1S/C15H14N2O/c1-11-6-5-9-17-13(10-18)14(16-15(11)17)12-7-3-2-4-8-12/h2-9,18H,10H2,1H3. The molecule has 1 N–H and O–H groups in total. The average Bonchev–Trinajstić information content (AvgIpc) is 2.80. The van der Waals surface area contributed by atoms with Crippen LogP contribution >= 0.6 is 0 Å². The van der Waals surface area contributed by atoms with Crippen LogP contribution in [0.5, 0.6) is 0 Å². The van der Waals surface area contributed by atoms with Crippen LogP contribution in [-0.2, 0) is 6.61 Å². The van der Waals surface area contributed by atoms with Crippen molar-refractivity contribution in [1.82, 2.24) is 9.38 Å². The quantitative estimate of drug-likeness (QED) is 0.745. The fourth-order valence-corrected chi connectivity index (χ4v) is 2.23. The molecule has 3 rings (SSSR count). The van der Waals surface area contributed by atoms with Gasteiger partial charge in [0.25, 0.3) is 0 Å². The Morgan fingerprint density at radius 2 is 1.89 bits per heavy atom. The molecule has 2 aromatic heterocycles. The molecule has 0 aliphatic carbocycles. The minimum atomic E-state index is -0.0190. The first-order valence-electron chi connectivity index (χ1n) is 5.94. The largest absolute Gasteiger partial charge is 0.390 e. The van der Waals surface area contributed by atoms with Crippen molar-refractivity contribution in [3.63, 3.8) is 0 Å². The Balaban J connectivity index is 2.33. The van der Waals surface area contributed by atoms with Crippen LogP contribution in [-0.4, -0.2) is 14.5 Å². The second-order valence-corrected chi connectivity index (χ2v) is 4.32. The lowest BCUT2D eigenvalue weighted by atomic mass is 10.1. The molecule has 0 saturated heterocycles. The molecule has 0 amide bonds. The minimum Gasteiger partial charge on any atom is -0.390 e. The molecule has 0 radical (unpaired) electrons. The maximum atomic E-state index is 9.60. The summed E-state index contributed by atoms with van der Waals surface area (Å²) in [6.45, 7) is 2.01. The van der Waals surface area contributed by atoms with Gasteiger partial charge in [-0.2, -0.15) is 0 Å². The second kappa shape index (κ2) is 4.27. The molecule has 0 aliphatic heterocycles. The summed E-state index contributed by atoms with van der Waals surface area (Å²) in [5, 5.41) is 9.60. The molecule has 0 aliphatic rings. The van der Waals surface area contributed by atoms with E-state index < -0.39 is 0 Å². The molecule has 90 valence electrons. The Kier molecular flexibility index (Phi) is 2.61. The normalized spacial score (nSPS) is 11.0. The highest BCUT2D eigenvalue weighted by atomic mass is 16.3. The Morgan fingerprint density at radius 3 is 2.61 bits per heavy atom. The zero-order valence-corrected chi connectivity index (χ0v) is 10.2. The number of hydrogen-bond acceptors (Lipinski definition) is 2. The summed E-state index contributed by atoms with van der Waals surface area (Å²) in [4.78, 5) is 4.66. The molecule has 0 spiro atoms. The first-order chi connectivity index (χ1) is 8.81. The van der Waals surface area contributed by atoms with Crippen molar-refractivity contribution in [3.8, 4) is 11.3 Å². The van der Waals surface area contributed by atoms with Crippen molar-refractivity contribution in [1.29, 1.82) is 0 Å². The zero-order chi connectivity index (χ0) is 12.5. The average molecular weight is 238 g/mol. The highest BCUT2D eigenvalue weighted by Gasteiger charge is 2.13. The lowest BCUT2D eigenvalue weighted by Gasteiger charge is -2.01. The highest BCUT2D eigenvalue weighted by molar-refractivity contribution is 5.67. The van der Waals surface area contributed by atoms with Gasteiger partial charge in [-0.3, -0.25) is 0 Å². The van der Waals surface area contributed by atoms with Crippen LogP contribution in [0.3, 0.4) is 0 Å². The number of aromatic nitrogens is 2. The third kappa shape index (κ3) is 1.60. The Labute approximate surface area is 105 Å². The number of rotatable bonds is 2. The number of benzene rings is 1. The van der Waals surface area contributed by atoms with E-state index in [1.54, 1.807) is 0 Å². The molecule has 0 atom stereocenters. The van der Waals surface area contributed by atoms with Crippen molar-refractivity contribution in [2.75, 3.05) is 0 Å². The van der Waals surface area contributed by atoms with Crippen LogP contribution in [0, 0.1) is 6.92 Å². The van der Waals surface area contributed by atoms with E-state index in [2.05, 4.69) is 4.98 Å². The van der Waals surface area contributed by atoms with Gasteiger partial charge in [0.1, 0.15) is 5.65 Å². The van der Waals surface area contributed by atoms with Crippen molar-refractivity contribution >= 4 is 5.65 Å². The summed E-state index contributed by atoms with van der Waals surface area (Å²) in [5.74, 6) is 0. The summed E-state index contributed by atoms with van der Waals surface area (Å²) in [5.41, 5.74) is 4.73. The summed E-state index contributed by atoms with van der Waals surface area (Å²) in [6.07, 6.45) is 1.94. The number of aryl methyl sites for hydroxylation is 1. The first-order valence-corrected chi connectivity index (χ1v) is 5.94. The van der Waals surface area contributed by atoms with Gasteiger partial charge >= 0.3 is 0 Å². The predicted octanol–water partition coefficient (Wildman–Crippen LogP) is 2.80. The summed E-state index contributed by atoms with van der Waals surface area (Å²) < 4.78 is 1.96. The summed E-state index contributed by atoms with van der Waals surface area (Å²) in [6, 6.07) is 14.0. The second-order valence-electron chi connectivity index (χ2n) is 4.32. The van der Waals surface area contributed by atoms with Gasteiger partial charge in [-0.15, -0.1) is 0 Å². The number of aliphatic hydroxyl groups excluding tert-OH is 1. The fourth-order valence-electron chi connectivity index (χ4n) is 2.23. The monoisotopic (exact) mass is 238 g/mol. The van der Waals surface area contributed by atoms with Gasteiger partial charge in [-0.1, -0.05) is 36.4 Å². The number of hydrogen-bond donors (Lipinski definition) is 1. The van der Waals surface area contributed by atoms with E-state index in [0.29, 0.717) is 0 Å². The molecule has 18 heavy (non-hydrogen) atoms. The van der Waals surface area contributed by atoms with Gasteiger partial charge in [0.2, 0.25) is 0 Å². The minimum absolute atomic E-state index is 0.0190. The number of imidazole rings is 1. The molecule has 0 bridgehead atoms. The topological polar surface area (TPSA) is 37.5 Å². The van der Waals surface area contributed by atoms with Crippen molar-refractivity contribution < 1.29 is 5.11 Å². The molecule has 3 heteroatoms. The zero-order valence-electron chi connectivity index (χ0n) is 10.2. The van der Waals surface area contributed by atoms with Crippen LogP contribution in [0.1, 0.15) is 11.3 Å². The fraction of sp³-hybridized carbons (Fsp3) is 0.133. The van der Waals surface area contributed by atoms with Crippen LogP contribution in [0.15, 0.2) is 48.7 Å². The van der Waals surface area contributed by atoms with E-state index >= 15 is 0 Å². The lowest BCUT2D eigenvalue weighted by Crippen LogP contribution is -1.94. The van der Waals surface area contributed by atoms with E-state index in [4.69, 9.17) is 0 Å². The smallest absolute Gasteiger partial charge is 0.140 e. The third-order valence-corrected chi connectivity index (χ3v) is 3.14. The summed E-state index contributed by atoms with van der Waals surface area (Å²) in [7, 11) is 0. The van der Waals surface area contributed by atoms with Crippen LogP contribution in [0.2, 0.25) is 0 Å². The van der Waals surface area contributed by atoms with E-state index in [1.807, 2.05) is 60.0 Å². The number of pyridine rings is 1. The van der Waals surface area contributed by atoms with E-state index in [9.17, 15) is 5.11 Å². The Hall–Kier alpha value is -2.13. The van der Waals surface area contributed by atoms with Crippen molar-refractivity contribution in [2.24, 2.45) is 0 Å². The number of nitrogens with zero attached hydrogens (tertiary/aromatic N) is 2. The summed E-state index contributed by atoms with van der Waals surface area (Å²) >= 11 is 0. The molecule has 0 fully saturated rings. The molecule has 2 heterocycles. The van der Waals surface area contributed by atoms with Gasteiger partial charge in [-0.25, -0.2) is 4.98 Å². The molecular formula is C15H14N2O. The van der Waals surface area contributed by atoms with E-state index in [-0.39, 0.29) is 6.61 Å². The molecule has 1 aromatic carbocycles. The van der Waals surface area contributed by atoms with Gasteiger partial charge in [0.05, 0.1) is 18.0 Å². The van der Waals surface area contributed by atoms with E-state index in [1.165, 1.54) is 0 Å². The Bertz CT molecular complexity index is 686. The van der Waals surface area contributed by atoms with E-state index in [0.717, 1.165) is 28.2 Å². The SMILES string of the molecule is Cc1cccn2c(CO)c(-c3ccccc3)nc12. The third-order valence-electron chi connectivity index (χ3n) is 3.14. The van der Waals surface area contributed by atoms with Crippen LogP contribution in [0.25, 0.3) is 16.9 Å². The molecule has 3 aromatic rings.